The lowest BCUT2D eigenvalue weighted by molar-refractivity contribution is -0.592. The van der Waals surface area contributed by atoms with Crippen molar-refractivity contribution in [3.63, 3.8) is 0 Å². The fourth-order valence-electron chi connectivity index (χ4n) is 0.380. The molecule has 0 aromatic heterocycles. The summed E-state index contributed by atoms with van der Waals surface area (Å²) in [7, 11) is 1.88. The van der Waals surface area contributed by atoms with Crippen LogP contribution >= 0.6 is 12.8 Å². The van der Waals surface area contributed by atoms with Crippen LogP contribution in [0.25, 0.3) is 0 Å². The van der Waals surface area contributed by atoms with Gasteiger partial charge in [0.2, 0.25) is 19.2 Å². The highest BCUT2D eigenvalue weighted by atomic mass is 32.1. The van der Waals surface area contributed by atoms with Crippen molar-refractivity contribution in [3.8, 4) is 0 Å². The van der Waals surface area contributed by atoms with E-state index in [0.29, 0.717) is 3.89 Å². The molecule has 0 spiro atoms. The molecule has 7 heavy (non-hydrogen) atoms. The van der Waals surface area contributed by atoms with E-state index in [1.807, 2.05) is 13.2 Å². The number of rotatable bonds is 0. The fourth-order valence-corrected chi connectivity index (χ4v) is 0.489. The van der Waals surface area contributed by atoms with Crippen molar-refractivity contribution in [1.82, 2.24) is 0 Å². The van der Waals surface area contributed by atoms with E-state index in [2.05, 4.69) is 4.99 Å². The van der Waals surface area contributed by atoms with E-state index in [0.717, 1.165) is 0 Å². The van der Waals surface area contributed by atoms with Gasteiger partial charge in [-0.3, -0.25) is 0 Å². The Kier molecular flexibility index (Phi) is 0.938. The van der Waals surface area contributed by atoms with Crippen LogP contribution in [0.3, 0.4) is 0 Å². The SMILES string of the molecule is C[N+]1([S])C=CN=C1. The van der Waals surface area contributed by atoms with Gasteiger partial charge in [-0.05, 0) is 0 Å². The van der Waals surface area contributed by atoms with Crippen molar-refractivity contribution in [2.75, 3.05) is 7.05 Å². The minimum Gasteiger partial charge on any atom is -0.205 e. The minimum atomic E-state index is 0.361. The molecule has 0 saturated carbocycles. The Balaban J connectivity index is 2.77. The molecule has 1 heterocycles. The maximum atomic E-state index is 4.91. The average Bonchev–Trinajstić information content (AvgIpc) is 1.84. The number of aliphatic imine (C=N–C) groups is 1. The third-order valence-corrected chi connectivity index (χ3v) is 0.961. The van der Waals surface area contributed by atoms with Crippen LogP contribution in [0.1, 0.15) is 0 Å². The van der Waals surface area contributed by atoms with Gasteiger partial charge in [-0.25, -0.2) is 4.99 Å². The molecule has 1 radical (unpaired) electrons. The van der Waals surface area contributed by atoms with Gasteiger partial charge in [0.1, 0.15) is 6.20 Å². The molecule has 0 aromatic carbocycles. The lowest BCUT2D eigenvalue weighted by Gasteiger charge is -2.06. The largest absolute Gasteiger partial charge is 0.223 e. The van der Waals surface area contributed by atoms with E-state index >= 15 is 0 Å². The first kappa shape index (κ1) is 4.87. The highest BCUT2D eigenvalue weighted by Gasteiger charge is 2.13. The molecule has 1 unspecified atom stereocenters. The quantitative estimate of drug-likeness (QED) is 0.417. The summed E-state index contributed by atoms with van der Waals surface area (Å²) in [6.07, 6.45) is 5.22. The third kappa shape index (κ3) is 1.04. The lowest BCUT2D eigenvalue weighted by Crippen LogP contribution is -2.20. The Bertz CT molecular complexity index is 112. The van der Waals surface area contributed by atoms with Gasteiger partial charge in [0.15, 0.2) is 0 Å². The summed E-state index contributed by atoms with van der Waals surface area (Å²) in [5.41, 5.74) is 0. The van der Waals surface area contributed by atoms with Crippen LogP contribution in [0, 0.1) is 0 Å². The van der Waals surface area contributed by atoms with Gasteiger partial charge in [-0.2, -0.15) is 3.89 Å². The smallest absolute Gasteiger partial charge is 0.205 e. The van der Waals surface area contributed by atoms with Crippen LogP contribution in [0.4, 0.5) is 0 Å². The van der Waals surface area contributed by atoms with Crippen LogP contribution in [0.15, 0.2) is 17.4 Å². The molecule has 0 N–H and O–H groups in total. The van der Waals surface area contributed by atoms with Crippen LogP contribution in [0.2, 0.25) is 0 Å². The van der Waals surface area contributed by atoms with Gasteiger partial charge >= 0.3 is 0 Å². The maximum absolute atomic E-state index is 4.91. The molecule has 3 heteroatoms. The van der Waals surface area contributed by atoms with E-state index in [-0.39, 0.29) is 0 Å². The number of hydrogen-bond acceptors (Lipinski definition) is 1. The molecule has 0 amide bonds. The maximum Gasteiger partial charge on any atom is 0.223 e. The van der Waals surface area contributed by atoms with Crippen molar-refractivity contribution < 1.29 is 3.89 Å². The topological polar surface area (TPSA) is 12.4 Å². The molecular formula is C4H6N2S+. The average molecular weight is 114 g/mol. The first-order valence-electron chi connectivity index (χ1n) is 2.00. The number of quaternary nitrogens is 1. The molecule has 0 fully saturated rings. The summed E-state index contributed by atoms with van der Waals surface area (Å²) in [6.45, 7) is 0. The second-order valence-electron chi connectivity index (χ2n) is 1.62. The second kappa shape index (κ2) is 1.35. The highest BCUT2D eigenvalue weighted by molar-refractivity contribution is 7.74. The van der Waals surface area contributed by atoms with Crippen molar-refractivity contribution in [1.29, 1.82) is 0 Å². The fraction of sp³-hybridized carbons (Fsp3) is 0.250. The van der Waals surface area contributed by atoms with E-state index in [1.54, 1.807) is 12.5 Å². The minimum absolute atomic E-state index is 0.361. The molecule has 2 nitrogen and oxygen atoms in total. The highest BCUT2D eigenvalue weighted by Crippen LogP contribution is 2.08. The van der Waals surface area contributed by atoms with Gasteiger partial charge in [-0.1, -0.05) is 0 Å². The Morgan fingerprint density at radius 2 is 2.43 bits per heavy atom. The molecule has 1 rings (SSSR count). The molecule has 1 aliphatic heterocycles. The summed E-state index contributed by atoms with van der Waals surface area (Å²) in [5, 5.41) is 0. The number of nitrogens with zero attached hydrogens (tertiary/aromatic N) is 2. The molecule has 0 aliphatic carbocycles. The van der Waals surface area contributed by atoms with Crippen LogP contribution in [-0.4, -0.2) is 17.3 Å². The van der Waals surface area contributed by atoms with Crippen molar-refractivity contribution >= 4 is 19.2 Å². The standard InChI is InChI=1S/C4H6N2S/c1-6(7)3-2-5-4-6/h2-4H,1H3/q+1. The van der Waals surface area contributed by atoms with Crippen molar-refractivity contribution in [2.24, 2.45) is 4.99 Å². The van der Waals surface area contributed by atoms with E-state index in [4.69, 9.17) is 12.8 Å². The summed E-state index contributed by atoms with van der Waals surface area (Å²) >= 11 is 4.91. The summed E-state index contributed by atoms with van der Waals surface area (Å²) in [5.74, 6) is 0. The summed E-state index contributed by atoms with van der Waals surface area (Å²) < 4.78 is 0.361. The molecule has 1 atom stereocenters. The van der Waals surface area contributed by atoms with Gasteiger partial charge in [0.25, 0.3) is 0 Å². The van der Waals surface area contributed by atoms with Gasteiger partial charge in [-0.15, -0.1) is 0 Å². The summed E-state index contributed by atoms with van der Waals surface area (Å²) in [4.78, 5) is 3.80. The third-order valence-electron chi connectivity index (χ3n) is 0.745. The molecular weight excluding hydrogens is 108 g/mol. The Morgan fingerprint density at radius 3 is 2.57 bits per heavy atom. The van der Waals surface area contributed by atoms with Crippen molar-refractivity contribution in [2.45, 2.75) is 0 Å². The molecule has 37 valence electrons. The molecule has 0 aromatic rings. The lowest BCUT2D eigenvalue weighted by atomic mass is 10.8. The van der Waals surface area contributed by atoms with Crippen molar-refractivity contribution in [3.05, 3.63) is 12.4 Å². The Labute approximate surface area is 48.3 Å². The van der Waals surface area contributed by atoms with Crippen LogP contribution < -0.4 is 0 Å². The van der Waals surface area contributed by atoms with Crippen LogP contribution in [-0.2, 0) is 0 Å². The van der Waals surface area contributed by atoms with E-state index in [9.17, 15) is 0 Å². The molecule has 0 bridgehead atoms. The van der Waals surface area contributed by atoms with Gasteiger partial charge < -0.3 is 0 Å². The van der Waals surface area contributed by atoms with E-state index < -0.39 is 0 Å². The monoisotopic (exact) mass is 114 g/mol. The second-order valence-corrected chi connectivity index (χ2v) is 2.41. The normalized spacial score (nSPS) is 37.4. The molecule has 0 saturated heterocycles. The van der Waals surface area contributed by atoms with Crippen LogP contribution in [0.5, 0.6) is 0 Å². The molecule has 1 aliphatic rings. The zero-order valence-electron chi connectivity index (χ0n) is 4.03. The first-order valence-corrected chi connectivity index (χ1v) is 2.36. The van der Waals surface area contributed by atoms with Gasteiger partial charge in [0.05, 0.1) is 13.2 Å². The zero-order valence-corrected chi connectivity index (χ0v) is 4.85. The van der Waals surface area contributed by atoms with E-state index in [1.165, 1.54) is 0 Å². The Morgan fingerprint density at radius 1 is 1.71 bits per heavy atom. The number of hydrogen-bond donors (Lipinski definition) is 0. The predicted octanol–water partition coefficient (Wildman–Crippen LogP) is 1.06. The summed E-state index contributed by atoms with van der Waals surface area (Å²) in [6, 6.07) is 0. The van der Waals surface area contributed by atoms with Gasteiger partial charge in [0, 0.05) is 0 Å². The predicted molar refractivity (Wildman–Crippen MR) is 31.4 cm³/mol. The Hall–Kier alpha value is -0.280. The zero-order chi connectivity index (χ0) is 5.33. The first-order chi connectivity index (χ1) is 3.21.